The number of likely N-dealkylation sites (N-methyl/N-ethyl adjacent to an activating group) is 1. The molecule has 2 heterocycles. The van der Waals surface area contributed by atoms with Crippen LogP contribution in [-0.4, -0.2) is 41.1 Å². The predicted octanol–water partition coefficient (Wildman–Crippen LogP) is 2.17. The molecule has 1 saturated carbocycles. The summed E-state index contributed by atoms with van der Waals surface area (Å²) in [5, 5.41) is 0. The first-order chi connectivity index (χ1) is 11.5. The second-order valence-electron chi connectivity index (χ2n) is 6.72. The predicted molar refractivity (Wildman–Crippen MR) is 90.2 cm³/mol. The van der Waals surface area contributed by atoms with E-state index in [1.807, 2.05) is 6.07 Å². The van der Waals surface area contributed by atoms with E-state index in [2.05, 4.69) is 12.2 Å². The lowest BCUT2D eigenvalue weighted by Gasteiger charge is -2.21. The van der Waals surface area contributed by atoms with Gasteiger partial charge in [-0.3, -0.25) is 19.3 Å². The molecule has 2 aliphatic carbocycles. The Balaban J connectivity index is 1.43. The summed E-state index contributed by atoms with van der Waals surface area (Å²) in [5.41, 5.74) is 0. The molecule has 0 N–H and O–H groups in total. The van der Waals surface area contributed by atoms with Crippen molar-refractivity contribution < 1.29 is 14.4 Å². The molecular weight excluding hydrogens is 348 g/mol. The number of halogens is 1. The minimum Gasteiger partial charge on any atom is -0.339 e. The average Bonchev–Trinajstić information content (AvgIpc) is 3.29. The fourth-order valence-corrected chi connectivity index (χ4v) is 5.28. The fraction of sp³-hybridized carbons (Fsp3) is 0.471. The molecule has 4 rings (SSSR count). The molecule has 1 aromatic heterocycles. The molecule has 126 valence electrons. The summed E-state index contributed by atoms with van der Waals surface area (Å²) >= 11 is 7.31. The molecule has 1 aliphatic heterocycles. The van der Waals surface area contributed by atoms with Gasteiger partial charge in [-0.2, -0.15) is 0 Å². The number of fused-ring (bicyclic) bond motifs is 5. The Kier molecular flexibility index (Phi) is 3.77. The van der Waals surface area contributed by atoms with Crippen LogP contribution < -0.4 is 0 Å². The second kappa shape index (κ2) is 5.70. The van der Waals surface area contributed by atoms with Gasteiger partial charge < -0.3 is 4.90 Å². The molecule has 0 aromatic carbocycles. The zero-order valence-electron chi connectivity index (χ0n) is 13.1. The van der Waals surface area contributed by atoms with Crippen molar-refractivity contribution in [3.8, 4) is 0 Å². The van der Waals surface area contributed by atoms with Crippen LogP contribution in [0.15, 0.2) is 24.3 Å². The third kappa shape index (κ3) is 2.40. The molecule has 0 spiro atoms. The summed E-state index contributed by atoms with van der Waals surface area (Å²) in [4.78, 5) is 41.3. The van der Waals surface area contributed by atoms with Crippen LogP contribution >= 0.6 is 22.9 Å². The van der Waals surface area contributed by atoms with Crippen LogP contribution in [0.4, 0.5) is 0 Å². The highest BCUT2D eigenvalue weighted by Gasteiger charge is 2.59. The number of carbonyl (C=O) groups is 3. The van der Waals surface area contributed by atoms with Crippen molar-refractivity contribution in [3.05, 3.63) is 33.5 Å². The normalized spacial score (nSPS) is 30.3. The van der Waals surface area contributed by atoms with Gasteiger partial charge in [-0.15, -0.1) is 11.3 Å². The van der Waals surface area contributed by atoms with E-state index in [0.717, 1.165) is 11.3 Å². The van der Waals surface area contributed by atoms with Crippen molar-refractivity contribution in [2.24, 2.45) is 23.7 Å². The molecule has 24 heavy (non-hydrogen) atoms. The van der Waals surface area contributed by atoms with Crippen LogP contribution in [0, 0.1) is 23.7 Å². The minimum atomic E-state index is -0.248. The molecule has 7 heteroatoms. The number of hydrogen-bond donors (Lipinski definition) is 0. The Morgan fingerprint density at radius 3 is 2.42 bits per heavy atom. The van der Waals surface area contributed by atoms with E-state index in [0.29, 0.717) is 10.9 Å². The third-order valence-electron chi connectivity index (χ3n) is 5.30. The maximum absolute atomic E-state index is 12.6. The maximum Gasteiger partial charge on any atom is 0.242 e. The van der Waals surface area contributed by atoms with Gasteiger partial charge in [0.25, 0.3) is 0 Å². The van der Waals surface area contributed by atoms with Gasteiger partial charge in [-0.05, 0) is 30.4 Å². The summed E-state index contributed by atoms with van der Waals surface area (Å²) in [6.07, 6.45) is 5.00. The van der Waals surface area contributed by atoms with E-state index in [4.69, 9.17) is 11.6 Å². The highest BCUT2D eigenvalue weighted by Crippen LogP contribution is 2.52. The summed E-state index contributed by atoms with van der Waals surface area (Å²) in [6.45, 7) is 0.256. The van der Waals surface area contributed by atoms with Crippen molar-refractivity contribution in [1.29, 1.82) is 0 Å². The van der Waals surface area contributed by atoms with Crippen molar-refractivity contribution >= 4 is 40.7 Å². The second-order valence-corrected chi connectivity index (χ2v) is 8.52. The molecule has 1 saturated heterocycles. The molecule has 5 nitrogen and oxygen atoms in total. The maximum atomic E-state index is 12.6. The molecule has 4 unspecified atom stereocenters. The number of likely N-dealkylation sites (tertiary alicyclic amines) is 1. The summed E-state index contributed by atoms with van der Waals surface area (Å²) in [5.74, 6) is -0.749. The largest absolute Gasteiger partial charge is 0.339 e. The quantitative estimate of drug-likeness (QED) is 0.607. The number of amides is 3. The number of imide groups is 1. The van der Waals surface area contributed by atoms with Crippen LogP contribution in [0.3, 0.4) is 0 Å². The van der Waals surface area contributed by atoms with Crippen LogP contribution in [0.5, 0.6) is 0 Å². The van der Waals surface area contributed by atoms with Gasteiger partial charge in [0.05, 0.1) is 22.7 Å². The monoisotopic (exact) mass is 364 g/mol. The smallest absolute Gasteiger partial charge is 0.242 e. The van der Waals surface area contributed by atoms with E-state index in [-0.39, 0.29) is 47.9 Å². The number of hydrogen-bond acceptors (Lipinski definition) is 4. The van der Waals surface area contributed by atoms with Crippen LogP contribution in [0.1, 0.15) is 11.3 Å². The van der Waals surface area contributed by atoms with Gasteiger partial charge in [0.2, 0.25) is 17.7 Å². The number of nitrogens with zero attached hydrogens (tertiary/aromatic N) is 2. The lowest BCUT2D eigenvalue weighted by atomic mass is 9.85. The van der Waals surface area contributed by atoms with Crippen molar-refractivity contribution in [3.63, 3.8) is 0 Å². The Morgan fingerprint density at radius 2 is 1.88 bits per heavy atom. The van der Waals surface area contributed by atoms with Crippen molar-refractivity contribution in [2.45, 2.75) is 13.0 Å². The van der Waals surface area contributed by atoms with Gasteiger partial charge in [0.15, 0.2) is 0 Å². The van der Waals surface area contributed by atoms with Gasteiger partial charge in [0, 0.05) is 11.9 Å². The van der Waals surface area contributed by atoms with E-state index >= 15 is 0 Å². The standard InChI is InChI=1S/C17H17ClN2O3S/c1-19(7-11-4-5-12(18)24-11)13(21)8-20-16(22)14-9-2-3-10(6-9)15(14)17(20)23/h2-5,9-10,14-15H,6-8H2,1H3. The Morgan fingerprint density at radius 1 is 1.25 bits per heavy atom. The minimum absolute atomic E-state index is 0.167. The first-order valence-electron chi connectivity index (χ1n) is 7.97. The molecule has 3 amide bonds. The van der Waals surface area contributed by atoms with Crippen molar-refractivity contribution in [2.75, 3.05) is 13.6 Å². The fourth-order valence-electron chi connectivity index (χ4n) is 4.13. The number of thiophene rings is 1. The van der Waals surface area contributed by atoms with Crippen LogP contribution in [0.2, 0.25) is 4.34 Å². The highest BCUT2D eigenvalue weighted by molar-refractivity contribution is 7.16. The summed E-state index contributed by atoms with van der Waals surface area (Å²) in [7, 11) is 1.67. The summed E-state index contributed by atoms with van der Waals surface area (Å²) in [6, 6.07) is 3.66. The molecule has 3 aliphatic rings. The van der Waals surface area contributed by atoms with E-state index < -0.39 is 0 Å². The van der Waals surface area contributed by atoms with E-state index in [1.165, 1.54) is 21.1 Å². The average molecular weight is 365 g/mol. The van der Waals surface area contributed by atoms with Crippen LogP contribution in [-0.2, 0) is 20.9 Å². The van der Waals surface area contributed by atoms with Gasteiger partial charge in [0.1, 0.15) is 6.54 Å². The topological polar surface area (TPSA) is 57.7 Å². The Labute approximate surface area is 148 Å². The van der Waals surface area contributed by atoms with Crippen molar-refractivity contribution in [1.82, 2.24) is 9.80 Å². The summed E-state index contributed by atoms with van der Waals surface area (Å²) < 4.78 is 0.673. The SMILES string of the molecule is CN(Cc1ccc(Cl)s1)C(=O)CN1C(=O)C2C3C=CC(C3)C2C1=O. The Hall–Kier alpha value is -1.66. The van der Waals surface area contributed by atoms with E-state index in [1.54, 1.807) is 13.1 Å². The lowest BCUT2D eigenvalue weighted by Crippen LogP contribution is -2.42. The molecule has 4 atom stereocenters. The zero-order chi connectivity index (χ0) is 17.0. The van der Waals surface area contributed by atoms with Gasteiger partial charge in [-0.1, -0.05) is 23.8 Å². The number of rotatable bonds is 4. The third-order valence-corrected chi connectivity index (χ3v) is 6.52. The first kappa shape index (κ1) is 15.8. The molecular formula is C17H17ClN2O3S. The number of carbonyl (C=O) groups excluding carboxylic acids is 3. The highest BCUT2D eigenvalue weighted by atomic mass is 35.5. The zero-order valence-corrected chi connectivity index (χ0v) is 14.7. The molecule has 0 radical (unpaired) electrons. The molecule has 2 fully saturated rings. The van der Waals surface area contributed by atoms with E-state index in [9.17, 15) is 14.4 Å². The molecule has 2 bridgehead atoms. The van der Waals surface area contributed by atoms with Gasteiger partial charge >= 0.3 is 0 Å². The lowest BCUT2D eigenvalue weighted by molar-refractivity contribution is -0.146. The number of allylic oxidation sites excluding steroid dienone is 2. The molecule has 1 aromatic rings. The van der Waals surface area contributed by atoms with Crippen LogP contribution in [0.25, 0.3) is 0 Å². The first-order valence-corrected chi connectivity index (χ1v) is 9.17. The Bertz CT molecular complexity index is 729. The van der Waals surface area contributed by atoms with Gasteiger partial charge in [-0.25, -0.2) is 0 Å².